The van der Waals surface area contributed by atoms with Crippen LogP contribution in [-0.4, -0.2) is 56.9 Å². The van der Waals surface area contributed by atoms with Crippen LogP contribution >= 0.6 is 24.0 Å². The van der Waals surface area contributed by atoms with Gasteiger partial charge in [0.1, 0.15) is 5.75 Å². The van der Waals surface area contributed by atoms with Gasteiger partial charge < -0.3 is 20.5 Å². The van der Waals surface area contributed by atoms with E-state index in [-0.39, 0.29) is 24.0 Å². The number of aliphatic imine (C=N–C) groups is 1. The quantitative estimate of drug-likeness (QED) is 0.192. The van der Waals surface area contributed by atoms with Crippen molar-refractivity contribution in [3.8, 4) is 5.75 Å². The van der Waals surface area contributed by atoms with Crippen LogP contribution in [0.15, 0.2) is 59.6 Å². The number of benzene rings is 2. The molecule has 3 rings (SSSR count). The molecule has 6 nitrogen and oxygen atoms in total. The number of ether oxygens (including phenoxy) is 2. The number of piperidine rings is 1. The zero-order valence-corrected chi connectivity index (χ0v) is 21.4. The standard InChI is InChI=1S/C25H36N4O2.HI/c1-30-23-10-8-21(9-11-23)12-16-28-25(26)27-15-5-19-31-24-13-17-29(18-14-24)20-22-6-3-2-4-7-22;/h2-4,6-11,24H,5,12-20H2,1H3,(H3,26,27,28);1H. The predicted octanol–water partition coefficient (Wildman–Crippen LogP) is 3.83. The number of hydrogen-bond acceptors (Lipinski definition) is 4. The largest absolute Gasteiger partial charge is 0.497 e. The molecule has 2 aromatic carbocycles. The van der Waals surface area contributed by atoms with E-state index < -0.39 is 0 Å². The molecular formula is C25H37IN4O2. The predicted molar refractivity (Wildman–Crippen MR) is 142 cm³/mol. The van der Waals surface area contributed by atoms with Crippen LogP contribution in [0.25, 0.3) is 0 Å². The van der Waals surface area contributed by atoms with Crippen LogP contribution in [-0.2, 0) is 17.7 Å². The highest BCUT2D eigenvalue weighted by Crippen LogP contribution is 2.16. The summed E-state index contributed by atoms with van der Waals surface area (Å²) in [5.74, 6) is 1.38. The van der Waals surface area contributed by atoms with Gasteiger partial charge in [-0.05, 0) is 48.9 Å². The smallest absolute Gasteiger partial charge is 0.188 e. The number of likely N-dealkylation sites (tertiary alicyclic amines) is 1. The SMILES string of the molecule is COc1ccc(CCNC(N)=NCCCOC2CCN(Cc3ccccc3)CC2)cc1.I. The van der Waals surface area contributed by atoms with Gasteiger partial charge in [0, 0.05) is 39.3 Å². The van der Waals surface area contributed by atoms with E-state index >= 15 is 0 Å². The Morgan fingerprint density at radius 2 is 1.78 bits per heavy atom. The van der Waals surface area contributed by atoms with Gasteiger partial charge in [-0.2, -0.15) is 0 Å². The van der Waals surface area contributed by atoms with Gasteiger partial charge >= 0.3 is 0 Å². The van der Waals surface area contributed by atoms with Crippen molar-refractivity contribution in [3.05, 3.63) is 65.7 Å². The Morgan fingerprint density at radius 1 is 1.06 bits per heavy atom. The Bertz CT molecular complexity index is 778. The van der Waals surface area contributed by atoms with Crippen LogP contribution in [0.4, 0.5) is 0 Å². The molecule has 0 saturated carbocycles. The minimum Gasteiger partial charge on any atom is -0.497 e. The van der Waals surface area contributed by atoms with Crippen LogP contribution in [0, 0.1) is 0 Å². The molecule has 0 bridgehead atoms. The summed E-state index contributed by atoms with van der Waals surface area (Å²) in [6.07, 6.45) is 4.37. The van der Waals surface area contributed by atoms with Crippen LogP contribution in [0.3, 0.4) is 0 Å². The van der Waals surface area contributed by atoms with Crippen LogP contribution in [0.5, 0.6) is 5.75 Å². The lowest BCUT2D eigenvalue weighted by Gasteiger charge is -2.31. The summed E-state index contributed by atoms with van der Waals surface area (Å²) in [5.41, 5.74) is 8.58. The summed E-state index contributed by atoms with van der Waals surface area (Å²) in [6.45, 7) is 5.43. The zero-order chi connectivity index (χ0) is 21.7. The van der Waals surface area contributed by atoms with E-state index in [4.69, 9.17) is 15.2 Å². The van der Waals surface area contributed by atoms with E-state index in [1.165, 1.54) is 11.1 Å². The second kappa shape index (κ2) is 15.1. The molecule has 0 spiro atoms. The number of nitrogens with zero attached hydrogens (tertiary/aromatic N) is 2. The number of halogens is 1. The van der Waals surface area contributed by atoms with Crippen molar-refractivity contribution in [2.75, 3.05) is 39.9 Å². The maximum atomic E-state index is 6.05. The Hall–Kier alpha value is -1.84. The fourth-order valence-corrected chi connectivity index (χ4v) is 3.77. The number of rotatable bonds is 11. The normalized spacial score (nSPS) is 15.2. The first-order valence-corrected chi connectivity index (χ1v) is 11.3. The minimum atomic E-state index is 0. The van der Waals surface area contributed by atoms with Gasteiger partial charge in [0.05, 0.1) is 13.2 Å². The molecule has 1 aliphatic rings. The molecule has 3 N–H and O–H groups in total. The Kier molecular flexibility index (Phi) is 12.4. The highest BCUT2D eigenvalue weighted by molar-refractivity contribution is 14.0. The fourth-order valence-electron chi connectivity index (χ4n) is 3.77. The monoisotopic (exact) mass is 552 g/mol. The lowest BCUT2D eigenvalue weighted by molar-refractivity contribution is 0.00566. The maximum Gasteiger partial charge on any atom is 0.188 e. The number of nitrogens with two attached hydrogens (primary N) is 1. The van der Waals surface area contributed by atoms with Crippen molar-refractivity contribution >= 4 is 29.9 Å². The molecule has 1 aliphatic heterocycles. The first kappa shape index (κ1) is 26.4. The van der Waals surface area contributed by atoms with Crippen molar-refractivity contribution < 1.29 is 9.47 Å². The number of hydrogen-bond donors (Lipinski definition) is 2. The van der Waals surface area contributed by atoms with Crippen molar-refractivity contribution in [3.63, 3.8) is 0 Å². The summed E-state index contributed by atoms with van der Waals surface area (Å²) < 4.78 is 11.2. The van der Waals surface area contributed by atoms with Crippen molar-refractivity contribution in [1.29, 1.82) is 0 Å². The van der Waals surface area contributed by atoms with E-state index in [0.29, 0.717) is 18.6 Å². The molecule has 0 amide bonds. The minimum absolute atomic E-state index is 0. The maximum absolute atomic E-state index is 6.05. The molecule has 0 radical (unpaired) electrons. The van der Waals surface area contributed by atoms with Gasteiger partial charge in [-0.15, -0.1) is 24.0 Å². The number of methoxy groups -OCH3 is 1. The second-order valence-electron chi connectivity index (χ2n) is 7.98. The molecule has 7 heteroatoms. The average Bonchev–Trinajstić information content (AvgIpc) is 2.81. The topological polar surface area (TPSA) is 72.1 Å². The van der Waals surface area contributed by atoms with E-state index in [2.05, 4.69) is 57.7 Å². The molecular weight excluding hydrogens is 515 g/mol. The summed E-state index contributed by atoms with van der Waals surface area (Å²) >= 11 is 0. The van der Waals surface area contributed by atoms with Crippen LogP contribution in [0.1, 0.15) is 30.4 Å². The van der Waals surface area contributed by atoms with Crippen molar-refractivity contribution in [2.45, 2.75) is 38.3 Å². The van der Waals surface area contributed by atoms with E-state index in [9.17, 15) is 0 Å². The lowest BCUT2D eigenvalue weighted by atomic mass is 10.1. The van der Waals surface area contributed by atoms with E-state index in [1.54, 1.807) is 7.11 Å². The van der Waals surface area contributed by atoms with Gasteiger partial charge in [0.25, 0.3) is 0 Å². The lowest BCUT2D eigenvalue weighted by Crippen LogP contribution is -2.36. The second-order valence-corrected chi connectivity index (χ2v) is 7.98. The summed E-state index contributed by atoms with van der Waals surface area (Å²) in [5, 5.41) is 3.17. The Morgan fingerprint density at radius 3 is 2.47 bits per heavy atom. The molecule has 1 heterocycles. The van der Waals surface area contributed by atoms with Crippen molar-refractivity contribution in [1.82, 2.24) is 10.2 Å². The summed E-state index contributed by atoms with van der Waals surface area (Å²) in [4.78, 5) is 6.91. The van der Waals surface area contributed by atoms with Gasteiger partial charge in [0.2, 0.25) is 0 Å². The summed E-state index contributed by atoms with van der Waals surface area (Å²) in [6, 6.07) is 18.8. The molecule has 0 aliphatic carbocycles. The Labute approximate surface area is 209 Å². The van der Waals surface area contributed by atoms with E-state index in [0.717, 1.165) is 64.2 Å². The average molecular weight is 553 g/mol. The summed E-state index contributed by atoms with van der Waals surface area (Å²) in [7, 11) is 1.68. The van der Waals surface area contributed by atoms with Crippen molar-refractivity contribution in [2.24, 2.45) is 10.7 Å². The first-order chi connectivity index (χ1) is 15.2. The molecule has 0 atom stereocenters. The molecule has 32 heavy (non-hydrogen) atoms. The third-order valence-electron chi connectivity index (χ3n) is 5.60. The molecule has 0 unspecified atom stereocenters. The molecule has 176 valence electrons. The number of nitrogens with one attached hydrogen (secondary N) is 1. The van der Waals surface area contributed by atoms with Gasteiger partial charge in [-0.1, -0.05) is 42.5 Å². The molecule has 1 fully saturated rings. The van der Waals surface area contributed by atoms with Gasteiger partial charge in [-0.25, -0.2) is 0 Å². The first-order valence-electron chi connectivity index (χ1n) is 11.3. The van der Waals surface area contributed by atoms with Gasteiger partial charge in [-0.3, -0.25) is 9.89 Å². The highest BCUT2D eigenvalue weighted by atomic mass is 127. The van der Waals surface area contributed by atoms with E-state index in [1.807, 2.05) is 12.1 Å². The van der Waals surface area contributed by atoms with Crippen LogP contribution < -0.4 is 15.8 Å². The highest BCUT2D eigenvalue weighted by Gasteiger charge is 2.19. The molecule has 2 aromatic rings. The third kappa shape index (κ3) is 9.75. The zero-order valence-electron chi connectivity index (χ0n) is 19.0. The Balaban J connectivity index is 0.00000363. The third-order valence-corrected chi connectivity index (χ3v) is 5.60. The molecule has 0 aromatic heterocycles. The molecule has 1 saturated heterocycles. The number of guanidine groups is 1. The van der Waals surface area contributed by atoms with Crippen LogP contribution in [0.2, 0.25) is 0 Å². The fraction of sp³-hybridized carbons (Fsp3) is 0.480. The van der Waals surface area contributed by atoms with Gasteiger partial charge in [0.15, 0.2) is 5.96 Å².